The lowest BCUT2D eigenvalue weighted by Crippen LogP contribution is -2.32. The van der Waals surface area contributed by atoms with Crippen LogP contribution in [0.2, 0.25) is 0 Å². The van der Waals surface area contributed by atoms with Crippen LogP contribution in [-0.2, 0) is 6.54 Å². The zero-order valence-electron chi connectivity index (χ0n) is 13.5. The Hall–Kier alpha value is -3.02. The fourth-order valence-corrected chi connectivity index (χ4v) is 2.80. The van der Waals surface area contributed by atoms with E-state index in [1.807, 2.05) is 17.0 Å². The van der Waals surface area contributed by atoms with Crippen molar-refractivity contribution < 1.29 is 9.18 Å². The summed E-state index contributed by atoms with van der Waals surface area (Å²) in [5.41, 5.74) is 2.83. The number of amides is 1. The van der Waals surface area contributed by atoms with E-state index in [-0.39, 0.29) is 17.8 Å². The van der Waals surface area contributed by atoms with Crippen LogP contribution in [0, 0.1) is 5.82 Å². The second-order valence-electron chi connectivity index (χ2n) is 6.20. The third-order valence-electron chi connectivity index (χ3n) is 4.27. The number of rotatable bonds is 5. The molecule has 2 heterocycles. The van der Waals surface area contributed by atoms with Gasteiger partial charge in [0.1, 0.15) is 11.5 Å². The monoisotopic (exact) mass is 336 g/mol. The first-order valence-electron chi connectivity index (χ1n) is 8.22. The lowest BCUT2D eigenvalue weighted by atomic mass is 10.1. The quantitative estimate of drug-likeness (QED) is 0.776. The topological polar surface area (TPSA) is 61.9 Å². The van der Waals surface area contributed by atoms with Crippen molar-refractivity contribution in [2.75, 3.05) is 0 Å². The molecule has 2 aromatic heterocycles. The molecule has 0 aliphatic heterocycles. The van der Waals surface area contributed by atoms with E-state index in [0.717, 1.165) is 24.0 Å². The second kappa shape index (κ2) is 6.47. The number of aromatic nitrogens is 3. The first-order chi connectivity index (χ1) is 12.2. The number of benzene rings is 1. The maximum Gasteiger partial charge on any atom is 0.272 e. The van der Waals surface area contributed by atoms with Gasteiger partial charge in [-0.15, -0.1) is 0 Å². The molecule has 1 aliphatic rings. The summed E-state index contributed by atoms with van der Waals surface area (Å²) < 4.78 is 13.1. The summed E-state index contributed by atoms with van der Waals surface area (Å²) in [5, 5.41) is 7.02. The number of pyridine rings is 1. The van der Waals surface area contributed by atoms with Crippen LogP contribution in [0.15, 0.2) is 54.9 Å². The molecule has 1 fully saturated rings. The molecular formula is C19H17FN4O. The Morgan fingerprint density at radius 2 is 2.04 bits per heavy atom. The van der Waals surface area contributed by atoms with Crippen molar-refractivity contribution in [1.82, 2.24) is 20.1 Å². The van der Waals surface area contributed by atoms with Crippen molar-refractivity contribution in [3.63, 3.8) is 0 Å². The molecular weight excluding hydrogens is 319 g/mol. The molecule has 1 saturated carbocycles. The van der Waals surface area contributed by atoms with E-state index in [1.165, 1.54) is 12.1 Å². The number of hydrogen-bond donors (Lipinski definition) is 1. The van der Waals surface area contributed by atoms with Gasteiger partial charge in [0.2, 0.25) is 0 Å². The highest BCUT2D eigenvalue weighted by atomic mass is 19.1. The smallest absolute Gasteiger partial charge is 0.272 e. The number of H-pyrrole nitrogens is 1. The average molecular weight is 336 g/mol. The van der Waals surface area contributed by atoms with E-state index in [0.29, 0.717) is 17.9 Å². The van der Waals surface area contributed by atoms with Crippen molar-refractivity contribution in [3.05, 3.63) is 71.9 Å². The first kappa shape index (κ1) is 15.5. The van der Waals surface area contributed by atoms with E-state index in [2.05, 4.69) is 15.2 Å². The molecule has 3 aromatic rings. The van der Waals surface area contributed by atoms with Crippen LogP contribution in [0.1, 0.15) is 28.9 Å². The maximum atomic E-state index is 13.1. The molecule has 4 rings (SSSR count). The highest BCUT2D eigenvalue weighted by Gasteiger charge is 2.33. The average Bonchev–Trinajstić information content (AvgIpc) is 3.37. The molecule has 6 heteroatoms. The number of carbonyl (C=O) groups excluding carboxylic acids is 1. The Balaban J connectivity index is 1.55. The van der Waals surface area contributed by atoms with Crippen LogP contribution in [0.3, 0.4) is 0 Å². The molecule has 0 spiro atoms. The minimum absolute atomic E-state index is 0.0767. The number of nitrogens with zero attached hydrogens (tertiary/aromatic N) is 3. The minimum Gasteiger partial charge on any atom is -0.330 e. The Labute approximate surface area is 144 Å². The fraction of sp³-hybridized carbons (Fsp3) is 0.211. The minimum atomic E-state index is -0.299. The van der Waals surface area contributed by atoms with Crippen LogP contribution in [-0.4, -0.2) is 32.0 Å². The van der Waals surface area contributed by atoms with Crippen LogP contribution < -0.4 is 0 Å². The van der Waals surface area contributed by atoms with Crippen molar-refractivity contribution in [1.29, 1.82) is 0 Å². The lowest BCUT2D eigenvalue weighted by molar-refractivity contribution is 0.0723. The molecule has 0 bridgehead atoms. The van der Waals surface area contributed by atoms with Gasteiger partial charge in [-0.3, -0.25) is 14.9 Å². The molecule has 0 radical (unpaired) electrons. The number of aromatic amines is 1. The number of halogens is 1. The van der Waals surface area contributed by atoms with Gasteiger partial charge in [0.15, 0.2) is 0 Å². The Bertz CT molecular complexity index is 872. The number of nitrogens with one attached hydrogen (secondary N) is 1. The maximum absolute atomic E-state index is 13.1. The summed E-state index contributed by atoms with van der Waals surface area (Å²) in [7, 11) is 0. The summed E-state index contributed by atoms with van der Waals surface area (Å²) >= 11 is 0. The van der Waals surface area contributed by atoms with E-state index in [4.69, 9.17) is 0 Å². The molecule has 0 atom stereocenters. The third kappa shape index (κ3) is 3.42. The first-order valence-corrected chi connectivity index (χ1v) is 8.22. The normalized spacial score (nSPS) is 13.6. The number of carbonyl (C=O) groups is 1. The lowest BCUT2D eigenvalue weighted by Gasteiger charge is -2.21. The molecule has 25 heavy (non-hydrogen) atoms. The third-order valence-corrected chi connectivity index (χ3v) is 4.27. The van der Waals surface area contributed by atoms with Gasteiger partial charge in [0, 0.05) is 30.5 Å². The van der Waals surface area contributed by atoms with Crippen molar-refractivity contribution >= 4 is 5.91 Å². The van der Waals surface area contributed by atoms with E-state index in [1.54, 1.807) is 30.6 Å². The van der Waals surface area contributed by atoms with Gasteiger partial charge in [0.25, 0.3) is 5.91 Å². The molecule has 1 aliphatic carbocycles. The highest BCUT2D eigenvalue weighted by molar-refractivity contribution is 5.93. The fourth-order valence-electron chi connectivity index (χ4n) is 2.80. The van der Waals surface area contributed by atoms with Crippen LogP contribution in [0.25, 0.3) is 11.3 Å². The highest BCUT2D eigenvalue weighted by Crippen LogP contribution is 2.30. The van der Waals surface area contributed by atoms with Crippen LogP contribution >= 0.6 is 0 Å². The zero-order chi connectivity index (χ0) is 17.2. The summed E-state index contributed by atoms with van der Waals surface area (Å²) in [6, 6.07) is 11.9. The van der Waals surface area contributed by atoms with Gasteiger partial charge in [-0.1, -0.05) is 6.07 Å². The van der Waals surface area contributed by atoms with Crippen LogP contribution in [0.4, 0.5) is 4.39 Å². The van der Waals surface area contributed by atoms with Gasteiger partial charge in [-0.2, -0.15) is 5.10 Å². The molecule has 0 saturated heterocycles. The van der Waals surface area contributed by atoms with Gasteiger partial charge in [-0.25, -0.2) is 4.39 Å². The molecule has 1 N–H and O–H groups in total. The molecule has 1 amide bonds. The van der Waals surface area contributed by atoms with E-state index in [9.17, 15) is 9.18 Å². The van der Waals surface area contributed by atoms with Gasteiger partial charge in [-0.05, 0) is 54.8 Å². The van der Waals surface area contributed by atoms with Crippen LogP contribution in [0.5, 0.6) is 0 Å². The van der Waals surface area contributed by atoms with Crippen molar-refractivity contribution in [2.45, 2.75) is 25.4 Å². The Kier molecular flexibility index (Phi) is 4.01. The Morgan fingerprint density at radius 1 is 1.24 bits per heavy atom. The summed E-state index contributed by atoms with van der Waals surface area (Å²) in [5.74, 6) is -0.376. The summed E-state index contributed by atoms with van der Waals surface area (Å²) in [6.45, 7) is 0.530. The second-order valence-corrected chi connectivity index (χ2v) is 6.20. The molecule has 126 valence electrons. The van der Waals surface area contributed by atoms with Gasteiger partial charge < -0.3 is 4.90 Å². The van der Waals surface area contributed by atoms with Gasteiger partial charge in [0.05, 0.1) is 5.69 Å². The van der Waals surface area contributed by atoms with Crippen molar-refractivity contribution in [3.8, 4) is 11.3 Å². The predicted molar refractivity (Wildman–Crippen MR) is 91.1 cm³/mol. The van der Waals surface area contributed by atoms with E-state index >= 15 is 0 Å². The SMILES string of the molecule is O=C(c1cc(-c2ccc(F)cc2)n[nH]1)N(Cc1cccnc1)C1CC1. The largest absolute Gasteiger partial charge is 0.330 e. The standard InChI is InChI=1S/C19H17FN4O/c20-15-5-3-14(4-6-15)17-10-18(23-22-17)19(25)24(16-7-8-16)12-13-2-1-9-21-11-13/h1-6,9-11,16H,7-8,12H2,(H,22,23). The molecule has 5 nitrogen and oxygen atoms in total. The Morgan fingerprint density at radius 3 is 2.72 bits per heavy atom. The zero-order valence-corrected chi connectivity index (χ0v) is 13.5. The summed E-state index contributed by atoms with van der Waals surface area (Å²) in [6.07, 6.45) is 5.53. The van der Waals surface area contributed by atoms with Gasteiger partial charge >= 0.3 is 0 Å². The number of hydrogen-bond acceptors (Lipinski definition) is 3. The molecule has 1 aromatic carbocycles. The predicted octanol–water partition coefficient (Wildman–Crippen LogP) is 3.42. The van der Waals surface area contributed by atoms with E-state index < -0.39 is 0 Å². The molecule has 0 unspecified atom stereocenters. The van der Waals surface area contributed by atoms with Crippen molar-refractivity contribution in [2.24, 2.45) is 0 Å². The summed E-state index contributed by atoms with van der Waals surface area (Å²) in [4.78, 5) is 18.9.